The molecule has 2 unspecified atom stereocenters. The first-order valence-electron chi connectivity index (χ1n) is 22.1. The fourth-order valence-electron chi connectivity index (χ4n) is 5.67. The number of aliphatic hydroxyl groups is 2. The largest absolute Gasteiger partial charge is 0.472 e. The fourth-order valence-corrected chi connectivity index (χ4v) is 6.83. The van der Waals surface area contributed by atoms with Crippen LogP contribution in [0.2, 0.25) is 0 Å². The molecule has 0 aromatic heterocycles. The maximum absolute atomic E-state index is 12.7. The lowest BCUT2D eigenvalue weighted by Crippen LogP contribution is -2.30. The van der Waals surface area contributed by atoms with Crippen LogP contribution in [0.1, 0.15) is 162 Å². The molecule has 4 atom stereocenters. The third-order valence-corrected chi connectivity index (χ3v) is 10.5. The second kappa shape index (κ2) is 39.6. The van der Waals surface area contributed by atoms with Gasteiger partial charge >= 0.3 is 27.6 Å². The van der Waals surface area contributed by atoms with Crippen molar-refractivity contribution in [3.05, 3.63) is 60.8 Å². The first-order valence-corrected chi connectivity index (χ1v) is 25.1. The van der Waals surface area contributed by atoms with Crippen molar-refractivity contribution in [3.63, 3.8) is 0 Å². The van der Waals surface area contributed by atoms with Gasteiger partial charge < -0.3 is 34.4 Å². The van der Waals surface area contributed by atoms with Crippen LogP contribution in [0, 0.1) is 0 Å². The average molecular weight is 893 g/mol. The van der Waals surface area contributed by atoms with Crippen LogP contribution in [0.3, 0.4) is 0 Å². The van der Waals surface area contributed by atoms with Crippen molar-refractivity contribution in [1.29, 1.82) is 0 Å². The monoisotopic (exact) mass is 892 g/mol. The second-order valence-corrected chi connectivity index (χ2v) is 17.5. The molecule has 0 aromatic rings. The standard InChI is InChI=1S/C44H78O14P2/c1-3-5-7-9-11-13-15-17-18-20-22-24-26-28-30-34-44(48)58-42(39-57-60(52,53)56-37-41(46)36-55-59(49,50)51)38-54-43(47)35-31-33-40(45)32-29-27-25-23-21-19-16-14-12-10-8-6-4-2/h6,8,12,14,19,21,25,27,29,32,40-42,45-46H,3-5,7,9-11,13,15-18,20,22-24,26,28,30-31,33-39H2,1-2H3,(H,52,53)(H2,49,50,51)/b8-6-,14-12-,21-19-,27-25-,32-29+/t40?,41-,42+/m0/s1. The number of esters is 2. The molecule has 0 fully saturated rings. The summed E-state index contributed by atoms with van der Waals surface area (Å²) in [6.45, 7) is 1.43. The van der Waals surface area contributed by atoms with E-state index in [-0.39, 0.29) is 12.8 Å². The maximum atomic E-state index is 12.7. The van der Waals surface area contributed by atoms with Crippen molar-refractivity contribution in [2.45, 2.75) is 180 Å². The number of phosphoric acid groups is 2. The van der Waals surface area contributed by atoms with Crippen LogP contribution in [0.5, 0.6) is 0 Å². The molecule has 16 heteroatoms. The van der Waals surface area contributed by atoms with Gasteiger partial charge in [-0.2, -0.15) is 0 Å². The third kappa shape index (κ3) is 42.5. The number of hydrogen-bond donors (Lipinski definition) is 5. The lowest BCUT2D eigenvalue weighted by molar-refractivity contribution is -0.161. The summed E-state index contributed by atoms with van der Waals surface area (Å²) in [5, 5.41) is 20.0. The van der Waals surface area contributed by atoms with Crippen LogP contribution in [-0.2, 0) is 41.8 Å². The highest BCUT2D eigenvalue weighted by Gasteiger charge is 2.28. The molecule has 0 aliphatic rings. The molecule has 0 saturated heterocycles. The number of hydrogen-bond acceptors (Lipinski definition) is 11. The molecule has 0 aliphatic heterocycles. The van der Waals surface area contributed by atoms with E-state index < -0.39 is 72.3 Å². The summed E-state index contributed by atoms with van der Waals surface area (Å²) in [7, 11) is -9.73. The molecule has 0 spiro atoms. The van der Waals surface area contributed by atoms with E-state index in [2.05, 4.69) is 59.4 Å². The van der Waals surface area contributed by atoms with Gasteiger partial charge in [0.1, 0.15) is 12.7 Å². The zero-order valence-electron chi connectivity index (χ0n) is 36.4. The van der Waals surface area contributed by atoms with Crippen molar-refractivity contribution in [1.82, 2.24) is 0 Å². The Hall–Kier alpha value is -2.22. The molecule has 0 amide bonds. The van der Waals surface area contributed by atoms with Crippen molar-refractivity contribution in [2.75, 3.05) is 26.4 Å². The van der Waals surface area contributed by atoms with Gasteiger partial charge in [-0.05, 0) is 44.9 Å². The van der Waals surface area contributed by atoms with E-state index in [0.29, 0.717) is 19.3 Å². The molecule has 0 aliphatic carbocycles. The molecular weight excluding hydrogens is 814 g/mol. The SMILES string of the molecule is CC/C=C\C/C=C\C/C=C\C/C=C\C=C\C(O)CCCC(=O)OC[C@H](COP(=O)(O)OC[C@@H](O)COP(=O)(O)O)OC(=O)CCCCCCCCCCCCCCCCC. The molecule has 348 valence electrons. The zero-order valence-corrected chi connectivity index (χ0v) is 38.2. The molecular formula is C44H78O14P2. The van der Waals surface area contributed by atoms with Crippen molar-refractivity contribution >= 4 is 27.6 Å². The molecule has 0 heterocycles. The van der Waals surface area contributed by atoms with E-state index in [9.17, 15) is 33.8 Å². The molecule has 0 saturated carbocycles. The normalized spacial score (nSPS) is 15.1. The van der Waals surface area contributed by atoms with Crippen molar-refractivity contribution < 1.29 is 66.7 Å². The lowest BCUT2D eigenvalue weighted by Gasteiger charge is -2.20. The Kier molecular flexibility index (Phi) is 38.1. The van der Waals surface area contributed by atoms with E-state index >= 15 is 0 Å². The van der Waals surface area contributed by atoms with Gasteiger partial charge in [-0.15, -0.1) is 0 Å². The summed E-state index contributed by atoms with van der Waals surface area (Å²) in [4.78, 5) is 52.7. The number of carbonyl (C=O) groups is 2. The number of ether oxygens (including phenoxy) is 2. The molecule has 0 bridgehead atoms. The maximum Gasteiger partial charge on any atom is 0.472 e. The van der Waals surface area contributed by atoms with Crippen molar-refractivity contribution in [2.24, 2.45) is 0 Å². The molecule has 60 heavy (non-hydrogen) atoms. The second-order valence-electron chi connectivity index (χ2n) is 14.8. The number of rotatable bonds is 41. The molecule has 5 N–H and O–H groups in total. The Labute approximate surface area is 360 Å². The minimum Gasteiger partial charge on any atom is -0.462 e. The number of carbonyl (C=O) groups excluding carboxylic acids is 2. The highest BCUT2D eigenvalue weighted by Crippen LogP contribution is 2.43. The minimum atomic E-state index is -4.88. The van der Waals surface area contributed by atoms with Crippen LogP contribution in [-0.4, -0.2) is 81.6 Å². The number of aliphatic hydroxyl groups excluding tert-OH is 2. The Balaban J connectivity index is 4.69. The van der Waals surface area contributed by atoms with Gasteiger partial charge in [0.05, 0.1) is 25.9 Å². The van der Waals surface area contributed by atoms with Gasteiger partial charge in [0.2, 0.25) is 0 Å². The summed E-state index contributed by atoms with van der Waals surface area (Å²) in [6.07, 6.45) is 38.1. The minimum absolute atomic E-state index is 0.0360. The fraction of sp³-hybridized carbons (Fsp3) is 0.727. The van der Waals surface area contributed by atoms with E-state index in [0.717, 1.165) is 51.4 Å². The highest BCUT2D eigenvalue weighted by atomic mass is 31.2. The number of phosphoric ester groups is 2. The molecule has 0 radical (unpaired) electrons. The first kappa shape index (κ1) is 57.8. The van der Waals surface area contributed by atoms with E-state index in [1.165, 1.54) is 64.2 Å². The summed E-state index contributed by atoms with van der Waals surface area (Å²) >= 11 is 0. The predicted octanol–water partition coefficient (Wildman–Crippen LogP) is 10.2. The van der Waals surface area contributed by atoms with Crippen LogP contribution in [0.4, 0.5) is 0 Å². The topological polar surface area (TPSA) is 216 Å². The van der Waals surface area contributed by atoms with E-state index in [1.807, 2.05) is 12.2 Å². The predicted molar refractivity (Wildman–Crippen MR) is 236 cm³/mol. The highest BCUT2D eigenvalue weighted by molar-refractivity contribution is 7.47. The molecule has 0 aromatic carbocycles. The molecule has 0 rings (SSSR count). The zero-order chi connectivity index (χ0) is 44.6. The third-order valence-electron chi connectivity index (χ3n) is 9.01. The Morgan fingerprint density at radius 3 is 1.58 bits per heavy atom. The lowest BCUT2D eigenvalue weighted by atomic mass is 10.0. The van der Waals surface area contributed by atoms with E-state index in [1.54, 1.807) is 12.2 Å². The summed E-state index contributed by atoms with van der Waals surface area (Å²) in [5.41, 5.74) is 0. The number of allylic oxidation sites excluding steroid dienone is 9. The summed E-state index contributed by atoms with van der Waals surface area (Å²) in [6, 6.07) is 0. The van der Waals surface area contributed by atoms with Crippen LogP contribution >= 0.6 is 15.6 Å². The van der Waals surface area contributed by atoms with Gasteiger partial charge in [0.15, 0.2) is 6.10 Å². The van der Waals surface area contributed by atoms with Gasteiger partial charge in [-0.25, -0.2) is 9.13 Å². The van der Waals surface area contributed by atoms with Gasteiger partial charge in [-0.1, -0.05) is 164 Å². The quantitative estimate of drug-likeness (QED) is 0.0127. The summed E-state index contributed by atoms with van der Waals surface area (Å²) in [5.74, 6) is -1.23. The van der Waals surface area contributed by atoms with Crippen LogP contribution in [0.25, 0.3) is 0 Å². The van der Waals surface area contributed by atoms with Gasteiger partial charge in [0, 0.05) is 12.8 Å². The van der Waals surface area contributed by atoms with Gasteiger partial charge in [0.25, 0.3) is 0 Å². The Morgan fingerprint density at radius 2 is 1.03 bits per heavy atom. The Morgan fingerprint density at radius 1 is 0.550 bits per heavy atom. The Bertz CT molecular complexity index is 1310. The average Bonchev–Trinajstić information content (AvgIpc) is 3.20. The number of unbranched alkanes of at least 4 members (excludes halogenated alkanes) is 14. The van der Waals surface area contributed by atoms with Crippen LogP contribution in [0.15, 0.2) is 60.8 Å². The molecule has 14 nitrogen and oxygen atoms in total. The van der Waals surface area contributed by atoms with Gasteiger partial charge in [-0.3, -0.25) is 23.2 Å². The first-order chi connectivity index (χ1) is 28.8. The smallest absolute Gasteiger partial charge is 0.462 e. The van der Waals surface area contributed by atoms with Crippen LogP contribution < -0.4 is 0 Å². The summed E-state index contributed by atoms with van der Waals surface area (Å²) < 4.78 is 47.6. The van der Waals surface area contributed by atoms with E-state index in [4.69, 9.17) is 23.8 Å². The van der Waals surface area contributed by atoms with Crippen molar-refractivity contribution in [3.8, 4) is 0 Å².